The lowest BCUT2D eigenvalue weighted by Crippen LogP contribution is -2.54. The Hall–Kier alpha value is -3.29. The van der Waals surface area contributed by atoms with Crippen LogP contribution in [0.2, 0.25) is 0 Å². The quantitative estimate of drug-likeness (QED) is 0.597. The molecule has 1 aliphatic heterocycles. The van der Waals surface area contributed by atoms with Crippen LogP contribution in [0.3, 0.4) is 0 Å². The molecule has 1 fully saturated rings. The smallest absolute Gasteiger partial charge is 0.289 e. The number of nitrogens with one attached hydrogen (secondary N) is 1. The highest BCUT2D eigenvalue weighted by atomic mass is 16.3. The lowest BCUT2D eigenvalue weighted by Gasteiger charge is -2.36. The molecule has 160 valence electrons. The van der Waals surface area contributed by atoms with Gasteiger partial charge in [-0.15, -0.1) is 0 Å². The van der Waals surface area contributed by atoms with E-state index < -0.39 is 0 Å². The average molecular weight is 412 g/mol. The summed E-state index contributed by atoms with van der Waals surface area (Å²) in [6.45, 7) is 3.36. The van der Waals surface area contributed by atoms with Crippen molar-refractivity contribution in [2.24, 2.45) is 4.99 Å². The highest BCUT2D eigenvalue weighted by Crippen LogP contribution is 2.10. The van der Waals surface area contributed by atoms with Crippen molar-refractivity contribution >= 4 is 17.8 Å². The SMILES string of the molecule is CN=C(NCCc1cccc(C(=O)N(C)C)c1)N1CCN(C(=O)c2ccco2)CC1. The first-order valence-electron chi connectivity index (χ1n) is 10.1. The molecule has 0 unspecified atom stereocenters. The van der Waals surface area contributed by atoms with Gasteiger partial charge in [0.1, 0.15) is 0 Å². The molecule has 1 aromatic heterocycles. The molecule has 0 saturated carbocycles. The second kappa shape index (κ2) is 9.96. The van der Waals surface area contributed by atoms with Gasteiger partial charge in [-0.3, -0.25) is 14.6 Å². The molecule has 2 aromatic rings. The Labute approximate surface area is 177 Å². The van der Waals surface area contributed by atoms with E-state index in [4.69, 9.17) is 4.42 Å². The maximum absolute atomic E-state index is 12.4. The third-order valence-corrected chi connectivity index (χ3v) is 5.09. The van der Waals surface area contributed by atoms with E-state index in [1.165, 1.54) is 6.26 Å². The molecule has 2 amide bonds. The van der Waals surface area contributed by atoms with E-state index in [1.807, 2.05) is 24.3 Å². The van der Waals surface area contributed by atoms with Crippen LogP contribution < -0.4 is 5.32 Å². The molecule has 0 bridgehead atoms. The molecule has 0 aliphatic carbocycles. The summed E-state index contributed by atoms with van der Waals surface area (Å²) in [5, 5.41) is 3.39. The van der Waals surface area contributed by atoms with E-state index in [9.17, 15) is 9.59 Å². The lowest BCUT2D eigenvalue weighted by atomic mass is 10.1. The van der Waals surface area contributed by atoms with Gasteiger partial charge in [0, 0.05) is 59.4 Å². The van der Waals surface area contributed by atoms with Gasteiger partial charge in [0.25, 0.3) is 11.8 Å². The molecular weight excluding hydrogens is 382 g/mol. The molecular formula is C22H29N5O3. The molecule has 30 heavy (non-hydrogen) atoms. The largest absolute Gasteiger partial charge is 0.459 e. The first-order chi connectivity index (χ1) is 14.5. The summed E-state index contributed by atoms with van der Waals surface area (Å²) in [5.41, 5.74) is 1.79. The topological polar surface area (TPSA) is 81.4 Å². The van der Waals surface area contributed by atoms with Crippen molar-refractivity contribution in [3.05, 3.63) is 59.5 Å². The Morgan fingerprint density at radius 3 is 2.47 bits per heavy atom. The van der Waals surface area contributed by atoms with Crippen molar-refractivity contribution in [2.75, 3.05) is 53.9 Å². The Kier molecular flexibility index (Phi) is 7.11. The number of guanidine groups is 1. The molecule has 3 rings (SSSR count). The molecule has 1 aromatic carbocycles. The maximum Gasteiger partial charge on any atom is 0.289 e. The van der Waals surface area contributed by atoms with E-state index in [-0.39, 0.29) is 11.8 Å². The van der Waals surface area contributed by atoms with Crippen molar-refractivity contribution in [1.82, 2.24) is 20.0 Å². The number of nitrogens with zero attached hydrogens (tertiary/aromatic N) is 4. The Balaban J connectivity index is 1.48. The third-order valence-electron chi connectivity index (χ3n) is 5.09. The summed E-state index contributed by atoms with van der Waals surface area (Å²) in [6, 6.07) is 11.1. The van der Waals surface area contributed by atoms with Gasteiger partial charge in [0.2, 0.25) is 0 Å². The van der Waals surface area contributed by atoms with Crippen LogP contribution in [0.25, 0.3) is 0 Å². The average Bonchev–Trinajstić information content (AvgIpc) is 3.31. The number of rotatable bonds is 5. The molecule has 0 radical (unpaired) electrons. The van der Waals surface area contributed by atoms with Gasteiger partial charge in [0.05, 0.1) is 6.26 Å². The van der Waals surface area contributed by atoms with E-state index >= 15 is 0 Å². The number of hydrogen-bond donors (Lipinski definition) is 1. The molecule has 0 spiro atoms. The zero-order valence-corrected chi connectivity index (χ0v) is 17.8. The summed E-state index contributed by atoms with van der Waals surface area (Å²) < 4.78 is 5.21. The predicted molar refractivity (Wildman–Crippen MR) is 116 cm³/mol. The number of aliphatic imine (C=N–C) groups is 1. The number of furan rings is 1. The number of benzene rings is 1. The second-order valence-corrected chi connectivity index (χ2v) is 7.38. The zero-order chi connectivity index (χ0) is 21.5. The van der Waals surface area contributed by atoms with Crippen LogP contribution in [0.5, 0.6) is 0 Å². The van der Waals surface area contributed by atoms with Crippen molar-refractivity contribution in [3.8, 4) is 0 Å². The molecule has 0 atom stereocenters. The first-order valence-corrected chi connectivity index (χ1v) is 10.1. The van der Waals surface area contributed by atoms with Crippen LogP contribution in [0.15, 0.2) is 52.1 Å². The summed E-state index contributed by atoms with van der Waals surface area (Å²) in [6.07, 6.45) is 2.30. The number of carbonyl (C=O) groups excluding carboxylic acids is 2. The van der Waals surface area contributed by atoms with Gasteiger partial charge in [-0.2, -0.15) is 0 Å². The zero-order valence-electron chi connectivity index (χ0n) is 17.8. The van der Waals surface area contributed by atoms with E-state index in [0.717, 1.165) is 17.9 Å². The number of amides is 2. The summed E-state index contributed by atoms with van der Waals surface area (Å²) in [5.74, 6) is 1.12. The Morgan fingerprint density at radius 2 is 1.83 bits per heavy atom. The molecule has 1 aliphatic rings. The van der Waals surface area contributed by atoms with Gasteiger partial charge in [0.15, 0.2) is 11.7 Å². The minimum Gasteiger partial charge on any atom is -0.459 e. The molecule has 2 heterocycles. The number of carbonyl (C=O) groups is 2. The summed E-state index contributed by atoms with van der Waals surface area (Å²) >= 11 is 0. The molecule has 1 N–H and O–H groups in total. The van der Waals surface area contributed by atoms with Crippen LogP contribution in [0, 0.1) is 0 Å². The Morgan fingerprint density at radius 1 is 1.10 bits per heavy atom. The molecule has 8 nitrogen and oxygen atoms in total. The predicted octanol–water partition coefficient (Wildman–Crippen LogP) is 1.56. The standard InChI is InChI=1S/C22H29N5O3/c1-23-22(24-10-9-17-6-4-7-18(16-17)20(28)25(2)3)27-13-11-26(12-14-27)21(29)19-8-5-15-30-19/h4-8,15-16H,9-14H2,1-3H3,(H,23,24). The monoisotopic (exact) mass is 411 g/mol. The van der Waals surface area contributed by atoms with Crippen molar-refractivity contribution in [1.29, 1.82) is 0 Å². The minimum atomic E-state index is -0.0743. The van der Waals surface area contributed by atoms with Crippen molar-refractivity contribution < 1.29 is 14.0 Å². The van der Waals surface area contributed by atoms with Crippen LogP contribution in [-0.2, 0) is 6.42 Å². The summed E-state index contributed by atoms with van der Waals surface area (Å²) in [4.78, 5) is 34.4. The van der Waals surface area contributed by atoms with Gasteiger partial charge >= 0.3 is 0 Å². The maximum atomic E-state index is 12.4. The van der Waals surface area contributed by atoms with Crippen molar-refractivity contribution in [2.45, 2.75) is 6.42 Å². The lowest BCUT2D eigenvalue weighted by molar-refractivity contribution is 0.0657. The van der Waals surface area contributed by atoms with Crippen LogP contribution in [-0.4, -0.2) is 86.3 Å². The highest BCUT2D eigenvalue weighted by Gasteiger charge is 2.25. The van der Waals surface area contributed by atoms with E-state index in [1.54, 1.807) is 43.1 Å². The minimum absolute atomic E-state index is 0.00239. The number of hydrogen-bond acceptors (Lipinski definition) is 4. The highest BCUT2D eigenvalue weighted by molar-refractivity contribution is 5.94. The van der Waals surface area contributed by atoms with Crippen LogP contribution in [0.1, 0.15) is 26.5 Å². The van der Waals surface area contributed by atoms with Gasteiger partial charge < -0.3 is 24.4 Å². The normalized spacial score (nSPS) is 14.6. The summed E-state index contributed by atoms with van der Waals surface area (Å²) in [7, 11) is 5.27. The molecule has 1 saturated heterocycles. The number of piperazine rings is 1. The Bertz CT molecular complexity index is 884. The fourth-order valence-electron chi connectivity index (χ4n) is 3.45. The van der Waals surface area contributed by atoms with E-state index in [2.05, 4.69) is 15.2 Å². The van der Waals surface area contributed by atoms with Gasteiger partial charge in [-0.1, -0.05) is 12.1 Å². The van der Waals surface area contributed by atoms with Crippen molar-refractivity contribution in [3.63, 3.8) is 0 Å². The van der Waals surface area contributed by atoms with Gasteiger partial charge in [-0.25, -0.2) is 0 Å². The second-order valence-electron chi connectivity index (χ2n) is 7.38. The van der Waals surface area contributed by atoms with Crippen LogP contribution in [0.4, 0.5) is 0 Å². The fraction of sp³-hybridized carbons (Fsp3) is 0.409. The fourth-order valence-corrected chi connectivity index (χ4v) is 3.45. The van der Waals surface area contributed by atoms with E-state index in [0.29, 0.717) is 44.0 Å². The third kappa shape index (κ3) is 5.20. The first kappa shape index (κ1) is 21.4. The molecule has 8 heteroatoms. The van der Waals surface area contributed by atoms with Crippen LogP contribution >= 0.6 is 0 Å². The van der Waals surface area contributed by atoms with Gasteiger partial charge in [-0.05, 0) is 36.2 Å².